The Morgan fingerprint density at radius 3 is 2.61 bits per heavy atom. The fourth-order valence-corrected chi connectivity index (χ4v) is 3.26. The molecule has 0 aliphatic heterocycles. The lowest BCUT2D eigenvalue weighted by Gasteiger charge is -2.06. The van der Waals surface area contributed by atoms with E-state index in [4.69, 9.17) is 4.42 Å². The van der Waals surface area contributed by atoms with Crippen molar-refractivity contribution in [3.63, 3.8) is 0 Å². The maximum atomic E-state index is 6.06. The summed E-state index contributed by atoms with van der Waals surface area (Å²) in [6, 6.07) is 17.1. The summed E-state index contributed by atoms with van der Waals surface area (Å²) in [5.74, 6) is 0. The lowest BCUT2D eigenvalue weighted by Crippen LogP contribution is -2.30. The maximum Gasteiger partial charge on any atom is 0.212 e. The minimum absolute atomic E-state index is 0.950. The van der Waals surface area contributed by atoms with E-state index in [9.17, 15) is 0 Å². The number of aryl methyl sites for hydroxylation is 3. The molecule has 0 saturated carbocycles. The number of pyridine rings is 1. The monoisotopic (exact) mass is 302 g/mol. The highest BCUT2D eigenvalue weighted by atomic mass is 16.3. The van der Waals surface area contributed by atoms with Crippen molar-refractivity contribution >= 4 is 21.9 Å². The van der Waals surface area contributed by atoms with Crippen LogP contribution in [0.4, 0.5) is 0 Å². The van der Waals surface area contributed by atoms with Crippen LogP contribution in [0.5, 0.6) is 0 Å². The van der Waals surface area contributed by atoms with E-state index >= 15 is 0 Å². The molecule has 0 radical (unpaired) electrons. The first-order chi connectivity index (χ1) is 11.2. The van der Waals surface area contributed by atoms with Crippen LogP contribution in [0.2, 0.25) is 0 Å². The summed E-state index contributed by atoms with van der Waals surface area (Å²) in [4.78, 5) is 0. The van der Waals surface area contributed by atoms with Crippen molar-refractivity contribution in [3.8, 4) is 11.3 Å². The summed E-state index contributed by atoms with van der Waals surface area (Å²) >= 11 is 0. The molecule has 4 rings (SSSR count). The van der Waals surface area contributed by atoms with E-state index < -0.39 is 0 Å². The fourth-order valence-electron chi connectivity index (χ4n) is 3.26. The lowest BCUT2D eigenvalue weighted by molar-refractivity contribution is -0.660. The fraction of sp³-hybridized carbons (Fsp3) is 0.190. The van der Waals surface area contributed by atoms with Gasteiger partial charge >= 0.3 is 0 Å². The van der Waals surface area contributed by atoms with Crippen LogP contribution in [0.15, 0.2) is 59.1 Å². The molecule has 0 saturated heterocycles. The molecule has 0 aliphatic carbocycles. The summed E-state index contributed by atoms with van der Waals surface area (Å²) in [6.45, 7) is 4.36. The van der Waals surface area contributed by atoms with E-state index in [2.05, 4.69) is 68.1 Å². The standard InChI is InChI=1S/C21H20NO/c1-4-15-9-10-22(3)19(12-15)17-13-21-18(11-14(17)2)16-7-5-6-8-20(16)23-21/h5-13H,4H2,1-3H3/q+1. The molecule has 0 amide bonds. The quantitative estimate of drug-likeness (QED) is 0.479. The number of para-hydroxylation sites is 1. The van der Waals surface area contributed by atoms with Gasteiger partial charge in [-0.15, -0.1) is 0 Å². The van der Waals surface area contributed by atoms with E-state index in [0.29, 0.717) is 0 Å². The first-order valence-corrected chi connectivity index (χ1v) is 8.08. The normalized spacial score (nSPS) is 11.4. The minimum atomic E-state index is 0.950. The molecule has 0 bridgehead atoms. The van der Waals surface area contributed by atoms with Gasteiger partial charge in [-0.05, 0) is 42.7 Å². The van der Waals surface area contributed by atoms with Crippen molar-refractivity contribution in [1.82, 2.24) is 0 Å². The molecule has 2 nitrogen and oxygen atoms in total. The molecule has 0 unspecified atom stereocenters. The zero-order valence-electron chi connectivity index (χ0n) is 13.8. The number of hydrogen-bond acceptors (Lipinski definition) is 1. The Labute approximate surface area is 136 Å². The average Bonchev–Trinajstić information content (AvgIpc) is 2.92. The molecule has 2 heteroatoms. The Hall–Kier alpha value is -2.61. The van der Waals surface area contributed by atoms with Gasteiger partial charge in [0.15, 0.2) is 6.20 Å². The smallest absolute Gasteiger partial charge is 0.212 e. The molecule has 0 aliphatic rings. The molecule has 0 atom stereocenters. The number of fused-ring (bicyclic) bond motifs is 3. The second kappa shape index (κ2) is 5.24. The van der Waals surface area contributed by atoms with Gasteiger partial charge in [-0.25, -0.2) is 4.57 Å². The third-order valence-corrected chi connectivity index (χ3v) is 4.62. The number of benzene rings is 2. The molecule has 4 aromatic rings. The highest BCUT2D eigenvalue weighted by molar-refractivity contribution is 6.06. The molecule has 114 valence electrons. The van der Waals surface area contributed by atoms with Gasteiger partial charge in [0.05, 0.1) is 5.56 Å². The molecule has 2 heterocycles. The van der Waals surface area contributed by atoms with Gasteiger partial charge in [-0.3, -0.25) is 0 Å². The molecule has 23 heavy (non-hydrogen) atoms. The SMILES string of the molecule is CCc1cc[n+](C)c(-c2cc3oc4ccccc4c3cc2C)c1. The highest BCUT2D eigenvalue weighted by Crippen LogP contribution is 2.33. The summed E-state index contributed by atoms with van der Waals surface area (Å²) < 4.78 is 8.23. The number of rotatable bonds is 2. The van der Waals surface area contributed by atoms with Crippen LogP contribution in [-0.2, 0) is 13.5 Å². The highest BCUT2D eigenvalue weighted by Gasteiger charge is 2.16. The summed E-state index contributed by atoms with van der Waals surface area (Å²) in [5.41, 5.74) is 6.98. The summed E-state index contributed by atoms with van der Waals surface area (Å²) in [7, 11) is 2.09. The zero-order chi connectivity index (χ0) is 16.0. The second-order valence-corrected chi connectivity index (χ2v) is 6.15. The lowest BCUT2D eigenvalue weighted by atomic mass is 10.00. The molecular weight excluding hydrogens is 282 g/mol. The number of furan rings is 1. The van der Waals surface area contributed by atoms with Gasteiger partial charge in [-0.2, -0.15) is 0 Å². The van der Waals surface area contributed by atoms with Crippen molar-refractivity contribution in [2.45, 2.75) is 20.3 Å². The van der Waals surface area contributed by atoms with Gasteiger partial charge in [-0.1, -0.05) is 25.1 Å². The van der Waals surface area contributed by atoms with Gasteiger partial charge in [0.2, 0.25) is 5.69 Å². The van der Waals surface area contributed by atoms with Crippen LogP contribution >= 0.6 is 0 Å². The van der Waals surface area contributed by atoms with E-state index in [-0.39, 0.29) is 0 Å². The van der Waals surface area contributed by atoms with Crippen molar-refractivity contribution in [2.75, 3.05) is 0 Å². The average molecular weight is 302 g/mol. The predicted octanol–water partition coefficient (Wildman–Crippen LogP) is 4.95. The van der Waals surface area contributed by atoms with Crippen LogP contribution < -0.4 is 4.57 Å². The number of nitrogens with zero attached hydrogens (tertiary/aromatic N) is 1. The Balaban J connectivity index is 2.01. The molecule has 0 fully saturated rings. The van der Waals surface area contributed by atoms with Crippen molar-refractivity contribution in [3.05, 3.63) is 65.9 Å². The van der Waals surface area contributed by atoms with Crippen LogP contribution in [0.25, 0.3) is 33.2 Å². The van der Waals surface area contributed by atoms with E-state index in [1.165, 1.54) is 33.2 Å². The first-order valence-electron chi connectivity index (χ1n) is 8.08. The van der Waals surface area contributed by atoms with Crippen molar-refractivity contribution in [1.29, 1.82) is 0 Å². The molecule has 0 spiro atoms. The van der Waals surface area contributed by atoms with E-state index in [0.717, 1.165) is 17.6 Å². The molecular formula is C21H20NO+. The predicted molar refractivity (Wildman–Crippen MR) is 94.4 cm³/mol. The van der Waals surface area contributed by atoms with Crippen LogP contribution in [0.1, 0.15) is 18.1 Å². The topological polar surface area (TPSA) is 17.0 Å². The van der Waals surface area contributed by atoms with E-state index in [1.54, 1.807) is 0 Å². The molecule has 2 aromatic heterocycles. The Morgan fingerprint density at radius 1 is 0.957 bits per heavy atom. The second-order valence-electron chi connectivity index (χ2n) is 6.15. The van der Waals surface area contributed by atoms with Gasteiger partial charge < -0.3 is 4.42 Å². The number of hydrogen-bond donors (Lipinski definition) is 0. The van der Waals surface area contributed by atoms with E-state index in [1.807, 2.05) is 12.1 Å². The Morgan fingerprint density at radius 2 is 1.78 bits per heavy atom. The largest absolute Gasteiger partial charge is 0.456 e. The zero-order valence-corrected chi connectivity index (χ0v) is 13.8. The minimum Gasteiger partial charge on any atom is -0.456 e. The van der Waals surface area contributed by atoms with Gasteiger partial charge in [0, 0.05) is 22.9 Å². The Bertz CT molecular complexity index is 1030. The Kier molecular flexibility index (Phi) is 3.19. The van der Waals surface area contributed by atoms with Crippen LogP contribution in [-0.4, -0.2) is 0 Å². The van der Waals surface area contributed by atoms with Crippen LogP contribution in [0, 0.1) is 6.92 Å². The first kappa shape index (κ1) is 14.0. The van der Waals surface area contributed by atoms with Crippen molar-refractivity contribution < 1.29 is 8.98 Å². The molecule has 0 N–H and O–H groups in total. The third-order valence-electron chi connectivity index (χ3n) is 4.62. The summed E-state index contributed by atoms with van der Waals surface area (Å²) in [6.07, 6.45) is 3.18. The van der Waals surface area contributed by atoms with Crippen molar-refractivity contribution in [2.24, 2.45) is 7.05 Å². The van der Waals surface area contributed by atoms with Gasteiger partial charge in [0.25, 0.3) is 0 Å². The number of aromatic nitrogens is 1. The van der Waals surface area contributed by atoms with Gasteiger partial charge in [0.1, 0.15) is 18.2 Å². The van der Waals surface area contributed by atoms with Crippen LogP contribution in [0.3, 0.4) is 0 Å². The molecule has 2 aromatic carbocycles. The maximum absolute atomic E-state index is 6.06. The summed E-state index contributed by atoms with van der Waals surface area (Å²) in [5, 5.41) is 2.37. The third kappa shape index (κ3) is 2.22.